The lowest BCUT2D eigenvalue weighted by molar-refractivity contribution is 0.00578. The summed E-state index contributed by atoms with van der Waals surface area (Å²) in [6.07, 6.45) is 3.65. The molecule has 0 radical (unpaired) electrons. The normalized spacial score (nSPS) is 31.2. The minimum atomic E-state index is -0.316. The monoisotopic (exact) mass is 322 g/mol. The zero-order chi connectivity index (χ0) is 17.3. The number of hydrogen-bond acceptors (Lipinski definition) is 4. The third-order valence-corrected chi connectivity index (χ3v) is 6.54. The van der Waals surface area contributed by atoms with Crippen molar-refractivity contribution in [1.29, 1.82) is 0 Å². The maximum atomic E-state index is 6.32. The van der Waals surface area contributed by atoms with Gasteiger partial charge in [-0.3, -0.25) is 0 Å². The van der Waals surface area contributed by atoms with Gasteiger partial charge < -0.3 is 18.6 Å². The molecule has 0 aromatic carbocycles. The van der Waals surface area contributed by atoms with Crippen molar-refractivity contribution in [3.63, 3.8) is 0 Å². The van der Waals surface area contributed by atoms with Crippen molar-refractivity contribution in [2.24, 2.45) is 5.92 Å². The summed E-state index contributed by atoms with van der Waals surface area (Å²) in [5, 5.41) is 0. The quantitative estimate of drug-likeness (QED) is 0.736. The molecule has 6 heteroatoms. The molecule has 0 bridgehead atoms. The van der Waals surface area contributed by atoms with Crippen molar-refractivity contribution >= 4 is 14.2 Å². The van der Waals surface area contributed by atoms with Crippen LogP contribution in [0, 0.1) is 5.92 Å². The van der Waals surface area contributed by atoms with E-state index in [0.717, 1.165) is 12.3 Å². The third kappa shape index (κ3) is 3.12. The Morgan fingerprint density at radius 1 is 0.696 bits per heavy atom. The van der Waals surface area contributed by atoms with E-state index in [4.69, 9.17) is 18.6 Å². The molecule has 3 rings (SSSR count). The Kier molecular flexibility index (Phi) is 4.05. The predicted molar refractivity (Wildman–Crippen MR) is 93.3 cm³/mol. The van der Waals surface area contributed by atoms with E-state index in [1.54, 1.807) is 0 Å². The summed E-state index contributed by atoms with van der Waals surface area (Å²) in [7, 11) is -0.536. The average Bonchev–Trinajstić information content (AvgIpc) is 3.08. The first-order valence-corrected chi connectivity index (χ1v) is 9.06. The Bertz CT molecular complexity index is 403. The Labute approximate surface area is 142 Å². The van der Waals surface area contributed by atoms with Crippen LogP contribution in [0.4, 0.5) is 0 Å². The molecule has 0 N–H and O–H groups in total. The van der Waals surface area contributed by atoms with Crippen LogP contribution in [0.25, 0.3) is 0 Å². The van der Waals surface area contributed by atoms with Crippen LogP contribution >= 0.6 is 0 Å². The molecule has 3 fully saturated rings. The van der Waals surface area contributed by atoms with Crippen LogP contribution in [0.5, 0.6) is 0 Å². The van der Waals surface area contributed by atoms with Crippen molar-refractivity contribution in [2.45, 2.75) is 103 Å². The highest BCUT2D eigenvalue weighted by Crippen LogP contribution is 2.49. The summed E-state index contributed by atoms with van der Waals surface area (Å²) < 4.78 is 25.3. The molecule has 0 spiro atoms. The van der Waals surface area contributed by atoms with E-state index in [-0.39, 0.29) is 42.4 Å². The van der Waals surface area contributed by atoms with Crippen LogP contribution in [-0.4, -0.2) is 36.6 Å². The smallest absolute Gasteiger partial charge is 0.403 e. The molecule has 1 saturated carbocycles. The van der Waals surface area contributed by atoms with E-state index >= 15 is 0 Å². The maximum Gasteiger partial charge on any atom is 0.458 e. The van der Waals surface area contributed by atoms with Crippen molar-refractivity contribution in [2.75, 3.05) is 0 Å². The topological polar surface area (TPSA) is 36.9 Å². The molecule has 1 aliphatic carbocycles. The molecule has 3 aliphatic rings. The van der Waals surface area contributed by atoms with Crippen LogP contribution in [0.3, 0.4) is 0 Å². The van der Waals surface area contributed by atoms with Gasteiger partial charge in [-0.05, 0) is 61.3 Å². The second-order valence-corrected chi connectivity index (χ2v) is 9.59. The Balaban J connectivity index is 1.80. The van der Waals surface area contributed by atoms with Crippen LogP contribution in [0.1, 0.15) is 74.7 Å². The highest BCUT2D eigenvalue weighted by Gasteiger charge is 2.62. The highest BCUT2D eigenvalue weighted by molar-refractivity contribution is 6.68. The van der Waals surface area contributed by atoms with Crippen LogP contribution in [0.15, 0.2) is 0 Å². The van der Waals surface area contributed by atoms with E-state index < -0.39 is 0 Å². The van der Waals surface area contributed by atoms with Crippen LogP contribution in [0.2, 0.25) is 5.72 Å². The molecule has 130 valence electrons. The minimum absolute atomic E-state index is 0.115. The Morgan fingerprint density at radius 2 is 1.00 bits per heavy atom. The van der Waals surface area contributed by atoms with Crippen LogP contribution < -0.4 is 0 Å². The summed E-state index contributed by atoms with van der Waals surface area (Å²) in [6.45, 7) is 16.8. The molecular formula is C17H32B2O4. The lowest BCUT2D eigenvalue weighted by Crippen LogP contribution is -2.41. The van der Waals surface area contributed by atoms with Gasteiger partial charge in [0.1, 0.15) is 0 Å². The first-order valence-electron chi connectivity index (χ1n) is 9.06. The van der Waals surface area contributed by atoms with Gasteiger partial charge in [-0.2, -0.15) is 0 Å². The predicted octanol–water partition coefficient (Wildman–Crippen LogP) is 3.88. The molecule has 0 amide bonds. The highest BCUT2D eigenvalue weighted by atomic mass is 16.7. The lowest BCUT2D eigenvalue weighted by atomic mass is 9.50. The van der Waals surface area contributed by atoms with Crippen molar-refractivity contribution < 1.29 is 18.6 Å². The Hall–Kier alpha value is -0.0301. The number of hydrogen-bond donors (Lipinski definition) is 0. The molecule has 4 nitrogen and oxygen atoms in total. The molecule has 0 aromatic rings. The lowest BCUT2D eigenvalue weighted by Gasteiger charge is -2.32. The third-order valence-electron chi connectivity index (χ3n) is 6.54. The molecule has 2 aliphatic heterocycles. The zero-order valence-corrected chi connectivity index (χ0v) is 16.1. The number of rotatable bonds is 4. The SMILES string of the molecule is CC1(C)OB(C(CC2CC2)B2OC(C)(C)C(C)(C)O2)OC1(C)C. The van der Waals surface area contributed by atoms with Gasteiger partial charge in [0.05, 0.1) is 22.4 Å². The zero-order valence-electron chi connectivity index (χ0n) is 16.1. The van der Waals surface area contributed by atoms with E-state index in [2.05, 4.69) is 55.4 Å². The largest absolute Gasteiger partial charge is 0.458 e. The van der Waals surface area contributed by atoms with Gasteiger partial charge in [-0.15, -0.1) is 0 Å². The van der Waals surface area contributed by atoms with E-state index in [9.17, 15) is 0 Å². The van der Waals surface area contributed by atoms with Gasteiger partial charge in [0, 0.05) is 5.72 Å². The molecule has 23 heavy (non-hydrogen) atoms. The average molecular weight is 322 g/mol. The molecule has 0 aromatic heterocycles. The van der Waals surface area contributed by atoms with E-state index in [1.807, 2.05) is 0 Å². The van der Waals surface area contributed by atoms with Crippen molar-refractivity contribution in [3.8, 4) is 0 Å². The molecule has 2 saturated heterocycles. The van der Waals surface area contributed by atoms with Gasteiger partial charge in [0.2, 0.25) is 0 Å². The molecular weight excluding hydrogens is 290 g/mol. The molecule has 0 atom stereocenters. The molecule has 2 heterocycles. The summed E-state index contributed by atoms with van der Waals surface area (Å²) in [5.74, 6) is 0.762. The van der Waals surface area contributed by atoms with Crippen molar-refractivity contribution in [3.05, 3.63) is 0 Å². The Morgan fingerprint density at radius 3 is 1.26 bits per heavy atom. The first kappa shape index (κ1) is 17.8. The first-order chi connectivity index (χ1) is 10.3. The van der Waals surface area contributed by atoms with E-state index in [1.165, 1.54) is 12.8 Å². The van der Waals surface area contributed by atoms with Gasteiger partial charge in [-0.1, -0.05) is 19.3 Å². The van der Waals surface area contributed by atoms with Gasteiger partial charge in [-0.25, -0.2) is 0 Å². The summed E-state index contributed by atoms with van der Waals surface area (Å²) in [5.41, 5.74) is -1.15. The van der Waals surface area contributed by atoms with E-state index in [0.29, 0.717) is 0 Å². The summed E-state index contributed by atoms with van der Waals surface area (Å²) in [4.78, 5) is 0. The van der Waals surface area contributed by atoms with Gasteiger partial charge >= 0.3 is 14.2 Å². The van der Waals surface area contributed by atoms with Gasteiger partial charge in [0.15, 0.2) is 0 Å². The maximum absolute atomic E-state index is 6.32. The fraction of sp³-hybridized carbons (Fsp3) is 1.00. The second-order valence-electron chi connectivity index (χ2n) is 9.59. The second kappa shape index (κ2) is 5.23. The van der Waals surface area contributed by atoms with Crippen molar-refractivity contribution in [1.82, 2.24) is 0 Å². The minimum Gasteiger partial charge on any atom is -0.403 e. The van der Waals surface area contributed by atoms with Gasteiger partial charge in [0.25, 0.3) is 0 Å². The van der Waals surface area contributed by atoms with Crippen LogP contribution in [-0.2, 0) is 18.6 Å². The summed E-state index contributed by atoms with van der Waals surface area (Å²) >= 11 is 0. The summed E-state index contributed by atoms with van der Waals surface area (Å²) in [6, 6.07) is 0. The molecule has 0 unspecified atom stereocenters. The fourth-order valence-corrected chi connectivity index (χ4v) is 3.22. The fourth-order valence-electron chi connectivity index (χ4n) is 3.22. The standard InChI is InChI=1S/C17H32B2O4/c1-14(2)15(3,4)21-18(20-14)13(11-12-9-10-12)19-22-16(5,6)17(7,8)23-19/h12-13H,9-11H2,1-8H3.